The van der Waals surface area contributed by atoms with E-state index < -0.39 is 0 Å². The Morgan fingerprint density at radius 3 is 2.55 bits per heavy atom. The van der Waals surface area contributed by atoms with Gasteiger partial charge in [0.15, 0.2) is 5.43 Å². The Kier molecular flexibility index (Phi) is 3.21. The van der Waals surface area contributed by atoms with Crippen LogP contribution in [0.15, 0.2) is 63.8 Å². The molecule has 0 unspecified atom stereocenters. The summed E-state index contributed by atoms with van der Waals surface area (Å²) in [5.74, 6) is 0.567. The molecule has 1 heterocycles. The highest BCUT2D eigenvalue weighted by Crippen LogP contribution is 2.15. The van der Waals surface area contributed by atoms with Gasteiger partial charge in [0.05, 0.1) is 5.39 Å². The second kappa shape index (κ2) is 5.17. The number of rotatable bonds is 2. The fraction of sp³-hybridized carbons (Fsp3) is 0.0556. The molecule has 0 saturated carbocycles. The summed E-state index contributed by atoms with van der Waals surface area (Å²) < 4.78 is 5.72. The molecule has 0 aliphatic carbocycles. The van der Waals surface area contributed by atoms with Gasteiger partial charge in [-0.15, -0.1) is 0 Å². The molecule has 2 heteroatoms. The van der Waals surface area contributed by atoms with Gasteiger partial charge in [0.2, 0.25) is 0 Å². The van der Waals surface area contributed by atoms with Crippen molar-refractivity contribution in [2.75, 3.05) is 0 Å². The fourth-order valence-electron chi connectivity index (χ4n) is 2.15. The molecule has 0 radical (unpaired) electrons. The van der Waals surface area contributed by atoms with Gasteiger partial charge < -0.3 is 4.42 Å². The number of hydrogen-bond donors (Lipinski definition) is 0. The first-order valence-corrected chi connectivity index (χ1v) is 6.51. The average Bonchev–Trinajstić information content (AvgIpc) is 2.46. The normalized spacial score (nSPS) is 11.2. The van der Waals surface area contributed by atoms with Crippen molar-refractivity contribution in [2.45, 2.75) is 6.92 Å². The van der Waals surface area contributed by atoms with Crippen molar-refractivity contribution in [3.63, 3.8) is 0 Å². The predicted octanol–water partition coefficient (Wildman–Crippen LogP) is 4.27. The van der Waals surface area contributed by atoms with Crippen LogP contribution in [0.5, 0.6) is 0 Å². The zero-order valence-electron chi connectivity index (χ0n) is 11.2. The lowest BCUT2D eigenvalue weighted by Gasteiger charge is -2.00. The lowest BCUT2D eigenvalue weighted by molar-refractivity contribution is 0.591. The molecule has 2 nitrogen and oxygen atoms in total. The molecule has 0 N–H and O–H groups in total. The largest absolute Gasteiger partial charge is 0.456 e. The second-order valence-electron chi connectivity index (χ2n) is 4.70. The summed E-state index contributed by atoms with van der Waals surface area (Å²) in [6, 6.07) is 16.9. The van der Waals surface area contributed by atoms with Crippen LogP contribution in [0.4, 0.5) is 0 Å². The van der Waals surface area contributed by atoms with Gasteiger partial charge in [0.1, 0.15) is 11.3 Å². The van der Waals surface area contributed by atoms with E-state index in [4.69, 9.17) is 4.42 Å². The highest BCUT2D eigenvalue weighted by molar-refractivity contribution is 5.78. The first-order chi connectivity index (χ1) is 9.74. The molecule has 20 heavy (non-hydrogen) atoms. The zero-order chi connectivity index (χ0) is 13.9. The van der Waals surface area contributed by atoms with Gasteiger partial charge in [-0.05, 0) is 36.3 Å². The number of fused-ring (bicyclic) bond motifs is 1. The topological polar surface area (TPSA) is 30.2 Å². The number of aryl methyl sites for hydroxylation is 1. The van der Waals surface area contributed by atoms with Gasteiger partial charge in [-0.3, -0.25) is 4.79 Å². The maximum absolute atomic E-state index is 12.0. The van der Waals surface area contributed by atoms with Crippen molar-refractivity contribution >= 4 is 23.1 Å². The van der Waals surface area contributed by atoms with Crippen molar-refractivity contribution < 1.29 is 4.42 Å². The fourth-order valence-corrected chi connectivity index (χ4v) is 2.15. The summed E-state index contributed by atoms with van der Waals surface area (Å²) in [6.45, 7) is 2.05. The minimum absolute atomic E-state index is 0.0173. The van der Waals surface area contributed by atoms with Crippen molar-refractivity contribution in [2.24, 2.45) is 0 Å². The monoisotopic (exact) mass is 262 g/mol. The van der Waals surface area contributed by atoms with E-state index in [0.29, 0.717) is 16.7 Å². The van der Waals surface area contributed by atoms with E-state index in [9.17, 15) is 4.79 Å². The molecule has 0 aliphatic rings. The summed E-state index contributed by atoms with van der Waals surface area (Å²) in [6.07, 6.45) is 3.79. The second-order valence-corrected chi connectivity index (χ2v) is 4.70. The standard InChI is InChI=1S/C18H14O2/c1-13-6-2-3-7-14(13)10-11-15-12-17(19)16-8-4-5-9-18(16)20-15/h2-12H,1H3. The van der Waals surface area contributed by atoms with Crippen LogP contribution in [0.2, 0.25) is 0 Å². The van der Waals surface area contributed by atoms with Crippen molar-refractivity contribution in [1.82, 2.24) is 0 Å². The van der Waals surface area contributed by atoms with Crippen LogP contribution in [0.1, 0.15) is 16.9 Å². The van der Waals surface area contributed by atoms with Crippen LogP contribution in [0.3, 0.4) is 0 Å². The van der Waals surface area contributed by atoms with Gasteiger partial charge in [0, 0.05) is 6.07 Å². The van der Waals surface area contributed by atoms with Crippen molar-refractivity contribution in [1.29, 1.82) is 0 Å². The van der Waals surface area contributed by atoms with E-state index in [1.807, 2.05) is 48.6 Å². The molecule has 1 aromatic heterocycles. The van der Waals surface area contributed by atoms with Gasteiger partial charge in [0.25, 0.3) is 0 Å². The molecule has 0 fully saturated rings. The third-order valence-electron chi connectivity index (χ3n) is 3.27. The van der Waals surface area contributed by atoms with Crippen LogP contribution >= 0.6 is 0 Å². The third kappa shape index (κ3) is 2.41. The average molecular weight is 262 g/mol. The summed E-state index contributed by atoms with van der Waals surface area (Å²) >= 11 is 0. The molecule has 2 aromatic carbocycles. The Morgan fingerprint density at radius 1 is 0.950 bits per heavy atom. The first kappa shape index (κ1) is 12.4. The molecule has 0 atom stereocenters. The van der Waals surface area contributed by atoms with E-state index in [0.717, 1.165) is 5.56 Å². The molecule has 98 valence electrons. The summed E-state index contributed by atoms with van der Waals surface area (Å²) in [5, 5.41) is 0.612. The maximum atomic E-state index is 12.0. The Balaban J connectivity index is 2.04. The van der Waals surface area contributed by atoms with E-state index in [1.165, 1.54) is 11.6 Å². The SMILES string of the molecule is Cc1ccccc1C=Cc1cc(=O)c2ccccc2o1. The van der Waals surface area contributed by atoms with Gasteiger partial charge in [-0.25, -0.2) is 0 Å². The smallest absolute Gasteiger partial charge is 0.193 e. The number of benzene rings is 2. The Morgan fingerprint density at radius 2 is 1.70 bits per heavy atom. The molecular formula is C18H14O2. The Labute approximate surface area is 117 Å². The maximum Gasteiger partial charge on any atom is 0.193 e. The quantitative estimate of drug-likeness (QED) is 0.690. The van der Waals surface area contributed by atoms with E-state index in [2.05, 4.69) is 13.0 Å². The van der Waals surface area contributed by atoms with Crippen molar-refractivity contribution in [3.05, 3.63) is 81.7 Å². The van der Waals surface area contributed by atoms with E-state index >= 15 is 0 Å². The third-order valence-corrected chi connectivity index (χ3v) is 3.27. The van der Waals surface area contributed by atoms with Crippen LogP contribution in [0, 0.1) is 6.92 Å². The highest BCUT2D eigenvalue weighted by Gasteiger charge is 2.01. The molecule has 0 bridgehead atoms. The molecule has 3 rings (SSSR count). The summed E-state index contributed by atoms with van der Waals surface area (Å²) in [7, 11) is 0. The molecule has 0 saturated heterocycles. The summed E-state index contributed by atoms with van der Waals surface area (Å²) in [4.78, 5) is 12.0. The van der Waals surface area contributed by atoms with Crippen LogP contribution in [0.25, 0.3) is 23.1 Å². The summed E-state index contributed by atoms with van der Waals surface area (Å²) in [5.41, 5.74) is 2.90. The highest BCUT2D eigenvalue weighted by atomic mass is 16.3. The van der Waals surface area contributed by atoms with Gasteiger partial charge in [-0.1, -0.05) is 42.5 Å². The number of para-hydroxylation sites is 1. The molecule has 0 spiro atoms. The molecular weight excluding hydrogens is 248 g/mol. The van der Waals surface area contributed by atoms with Gasteiger partial charge in [-0.2, -0.15) is 0 Å². The van der Waals surface area contributed by atoms with Crippen molar-refractivity contribution in [3.8, 4) is 0 Å². The van der Waals surface area contributed by atoms with E-state index in [-0.39, 0.29) is 5.43 Å². The lowest BCUT2D eigenvalue weighted by Crippen LogP contribution is -1.99. The van der Waals surface area contributed by atoms with Gasteiger partial charge >= 0.3 is 0 Å². The molecule has 0 aliphatic heterocycles. The minimum Gasteiger partial charge on any atom is -0.456 e. The van der Waals surface area contributed by atoms with Crippen LogP contribution in [-0.4, -0.2) is 0 Å². The lowest BCUT2D eigenvalue weighted by atomic mass is 10.1. The van der Waals surface area contributed by atoms with E-state index in [1.54, 1.807) is 6.07 Å². The Hall–Kier alpha value is -2.61. The molecule has 3 aromatic rings. The van der Waals surface area contributed by atoms with Crippen LogP contribution in [-0.2, 0) is 0 Å². The predicted molar refractivity (Wildman–Crippen MR) is 82.6 cm³/mol. The number of hydrogen-bond acceptors (Lipinski definition) is 2. The van der Waals surface area contributed by atoms with Crippen LogP contribution < -0.4 is 5.43 Å². The Bertz CT molecular complexity index is 841. The minimum atomic E-state index is -0.0173. The molecule has 0 amide bonds. The zero-order valence-corrected chi connectivity index (χ0v) is 11.2. The first-order valence-electron chi connectivity index (χ1n) is 6.51.